The highest BCUT2D eigenvalue weighted by atomic mass is 35.5. The van der Waals surface area contributed by atoms with E-state index in [2.05, 4.69) is 11.4 Å². The fourth-order valence-electron chi connectivity index (χ4n) is 5.21. The minimum absolute atomic E-state index is 0.0308. The van der Waals surface area contributed by atoms with Gasteiger partial charge in [-0.1, -0.05) is 23.7 Å². The van der Waals surface area contributed by atoms with Crippen LogP contribution < -0.4 is 5.32 Å². The fraction of sp³-hybridized carbons (Fsp3) is 0.581. The number of hydrogen-bond acceptors (Lipinski definition) is 6. The molecule has 3 heterocycles. The second-order valence-corrected chi connectivity index (χ2v) is 14.4. The number of carbonyl (C=O) groups excluding carboxylic acids is 3. The summed E-state index contributed by atoms with van der Waals surface area (Å²) in [5.41, 5.74) is 1.90. The lowest BCUT2D eigenvalue weighted by Gasteiger charge is -2.33. The van der Waals surface area contributed by atoms with Gasteiger partial charge >= 0.3 is 12.2 Å². The number of piperidine rings is 1. The molecule has 2 fully saturated rings. The smallest absolute Gasteiger partial charge is 0.410 e. The Balaban J connectivity index is 1.37. The normalized spacial score (nSPS) is 18.4. The van der Waals surface area contributed by atoms with Crippen LogP contribution in [0.2, 0.25) is 5.02 Å². The van der Waals surface area contributed by atoms with Gasteiger partial charge in [0.25, 0.3) is 5.91 Å². The number of nitrogens with zero attached hydrogens (tertiary/aromatic N) is 2. The Morgan fingerprint density at radius 1 is 0.927 bits per heavy atom. The first-order valence-electron chi connectivity index (χ1n) is 14.3. The Morgan fingerprint density at radius 3 is 2.17 bits per heavy atom. The van der Waals surface area contributed by atoms with E-state index in [9.17, 15) is 14.4 Å². The standard InChI is InChI=1S/C31H42ClN3O5S/c1-19-16-25(41-26(19)27(36)35-15-12-22(18-35)33-28(37)39-30(2,3)4)23-9-8-21(17-24(23)32)20-10-13-34(14-11-20)29(38)40-31(5,6)7/h8-9,16-17,20,22H,10-15,18H2,1-7H3,(H,33,37)/t22-/m0/s1. The van der Waals surface area contributed by atoms with Crippen LogP contribution in [0.25, 0.3) is 10.4 Å². The molecular formula is C31H42ClN3O5S. The molecule has 0 aliphatic carbocycles. The van der Waals surface area contributed by atoms with Crippen LogP contribution >= 0.6 is 22.9 Å². The van der Waals surface area contributed by atoms with E-state index in [1.54, 1.807) is 9.80 Å². The van der Waals surface area contributed by atoms with Crippen molar-refractivity contribution in [3.8, 4) is 10.4 Å². The monoisotopic (exact) mass is 603 g/mol. The maximum atomic E-state index is 13.4. The van der Waals surface area contributed by atoms with Crippen LogP contribution in [0, 0.1) is 6.92 Å². The van der Waals surface area contributed by atoms with Crippen molar-refractivity contribution in [3.05, 3.63) is 45.3 Å². The van der Waals surface area contributed by atoms with E-state index in [0.29, 0.717) is 48.4 Å². The summed E-state index contributed by atoms with van der Waals surface area (Å²) in [4.78, 5) is 43.2. The second kappa shape index (κ2) is 12.2. The highest BCUT2D eigenvalue weighted by Crippen LogP contribution is 2.39. The Morgan fingerprint density at radius 2 is 1.56 bits per heavy atom. The average Bonchev–Trinajstić information content (AvgIpc) is 3.48. The minimum Gasteiger partial charge on any atom is -0.444 e. The number of thiophene rings is 1. The van der Waals surface area contributed by atoms with E-state index in [1.807, 2.05) is 66.7 Å². The van der Waals surface area contributed by atoms with Crippen LogP contribution in [0.4, 0.5) is 9.59 Å². The van der Waals surface area contributed by atoms with E-state index >= 15 is 0 Å². The van der Waals surface area contributed by atoms with Crippen molar-refractivity contribution >= 4 is 41.0 Å². The van der Waals surface area contributed by atoms with Crippen molar-refractivity contribution < 1.29 is 23.9 Å². The van der Waals surface area contributed by atoms with Gasteiger partial charge < -0.3 is 24.6 Å². The SMILES string of the molecule is Cc1cc(-c2ccc(C3CCN(C(=O)OC(C)(C)C)CC3)cc2Cl)sc1C(=O)N1CC[C@H](NC(=O)OC(C)(C)C)C1. The predicted molar refractivity (Wildman–Crippen MR) is 163 cm³/mol. The van der Waals surface area contributed by atoms with Gasteiger partial charge in [0.1, 0.15) is 11.2 Å². The molecule has 224 valence electrons. The highest BCUT2D eigenvalue weighted by Gasteiger charge is 2.31. The lowest BCUT2D eigenvalue weighted by Crippen LogP contribution is -2.41. The number of ether oxygens (including phenoxy) is 2. The molecule has 0 bridgehead atoms. The van der Waals surface area contributed by atoms with E-state index in [0.717, 1.165) is 34.4 Å². The zero-order chi connectivity index (χ0) is 30.1. The topological polar surface area (TPSA) is 88.2 Å². The van der Waals surface area contributed by atoms with Gasteiger partial charge in [0, 0.05) is 41.6 Å². The quantitative estimate of drug-likeness (QED) is 0.398. The van der Waals surface area contributed by atoms with Crippen molar-refractivity contribution in [2.24, 2.45) is 0 Å². The number of hydrogen-bond donors (Lipinski definition) is 1. The third-order valence-electron chi connectivity index (χ3n) is 7.19. The van der Waals surface area contributed by atoms with Crippen LogP contribution in [-0.2, 0) is 9.47 Å². The molecule has 41 heavy (non-hydrogen) atoms. The summed E-state index contributed by atoms with van der Waals surface area (Å²) in [6, 6.07) is 8.05. The minimum atomic E-state index is -0.568. The number of nitrogens with one attached hydrogen (secondary N) is 1. The molecule has 0 radical (unpaired) electrons. The lowest BCUT2D eigenvalue weighted by molar-refractivity contribution is 0.0204. The summed E-state index contributed by atoms with van der Waals surface area (Å²) >= 11 is 8.24. The largest absolute Gasteiger partial charge is 0.444 e. The first kappa shape index (κ1) is 31.2. The molecule has 1 N–H and O–H groups in total. The van der Waals surface area contributed by atoms with E-state index < -0.39 is 17.3 Å². The Labute approximate surface area is 252 Å². The third kappa shape index (κ3) is 8.16. The maximum Gasteiger partial charge on any atom is 0.410 e. The van der Waals surface area contributed by atoms with Crippen molar-refractivity contribution in [2.75, 3.05) is 26.2 Å². The number of alkyl carbamates (subject to hydrolysis) is 1. The van der Waals surface area contributed by atoms with Crippen molar-refractivity contribution in [1.82, 2.24) is 15.1 Å². The van der Waals surface area contributed by atoms with Crippen LogP contribution in [0.3, 0.4) is 0 Å². The number of rotatable bonds is 4. The number of likely N-dealkylation sites (tertiary alicyclic amines) is 2. The molecule has 0 unspecified atom stereocenters. The van der Waals surface area contributed by atoms with Gasteiger partial charge in [0.2, 0.25) is 0 Å². The summed E-state index contributed by atoms with van der Waals surface area (Å²) in [7, 11) is 0. The molecule has 0 saturated carbocycles. The first-order valence-corrected chi connectivity index (χ1v) is 15.5. The van der Waals surface area contributed by atoms with Gasteiger partial charge in [-0.2, -0.15) is 0 Å². The lowest BCUT2D eigenvalue weighted by atomic mass is 9.89. The van der Waals surface area contributed by atoms with Crippen LogP contribution in [0.5, 0.6) is 0 Å². The van der Waals surface area contributed by atoms with Gasteiger partial charge in [0.05, 0.1) is 10.9 Å². The maximum absolute atomic E-state index is 13.4. The summed E-state index contributed by atoms with van der Waals surface area (Å²) in [6.07, 6.45) is 1.67. The van der Waals surface area contributed by atoms with Gasteiger partial charge in [-0.3, -0.25) is 4.79 Å². The number of benzene rings is 1. The molecule has 3 amide bonds. The highest BCUT2D eigenvalue weighted by molar-refractivity contribution is 7.17. The van der Waals surface area contributed by atoms with Crippen molar-refractivity contribution in [2.45, 2.75) is 90.9 Å². The van der Waals surface area contributed by atoms with Gasteiger partial charge in [0.15, 0.2) is 0 Å². The first-order chi connectivity index (χ1) is 19.1. The van der Waals surface area contributed by atoms with E-state index in [-0.39, 0.29) is 18.0 Å². The Kier molecular flexibility index (Phi) is 9.29. The summed E-state index contributed by atoms with van der Waals surface area (Å²) < 4.78 is 10.9. The van der Waals surface area contributed by atoms with Crippen molar-refractivity contribution in [3.63, 3.8) is 0 Å². The zero-order valence-electron chi connectivity index (χ0n) is 25.1. The van der Waals surface area contributed by atoms with Crippen LogP contribution in [-0.4, -0.2) is 71.3 Å². The van der Waals surface area contributed by atoms with Gasteiger partial charge in [-0.15, -0.1) is 11.3 Å². The molecule has 2 aliphatic heterocycles. The zero-order valence-corrected chi connectivity index (χ0v) is 26.7. The molecule has 2 aliphatic rings. The Bertz CT molecular complexity index is 1290. The predicted octanol–water partition coefficient (Wildman–Crippen LogP) is 7.23. The number of halogens is 1. The van der Waals surface area contributed by atoms with E-state index in [4.69, 9.17) is 21.1 Å². The van der Waals surface area contributed by atoms with Crippen molar-refractivity contribution in [1.29, 1.82) is 0 Å². The van der Waals surface area contributed by atoms with E-state index in [1.165, 1.54) is 11.3 Å². The molecule has 2 aromatic rings. The molecule has 0 spiro atoms. The molecule has 4 rings (SSSR count). The number of amides is 3. The van der Waals surface area contributed by atoms with Crippen LogP contribution in [0.15, 0.2) is 24.3 Å². The molecular weight excluding hydrogens is 562 g/mol. The molecule has 10 heteroatoms. The molecule has 8 nitrogen and oxygen atoms in total. The number of carbonyl (C=O) groups is 3. The fourth-order valence-corrected chi connectivity index (χ4v) is 6.74. The second-order valence-electron chi connectivity index (χ2n) is 13.0. The van der Waals surface area contributed by atoms with Crippen LogP contribution in [0.1, 0.15) is 87.5 Å². The van der Waals surface area contributed by atoms with Gasteiger partial charge in [-0.05, 0) is 96.9 Å². The third-order valence-corrected chi connectivity index (χ3v) is 8.76. The summed E-state index contributed by atoms with van der Waals surface area (Å²) in [5, 5.41) is 3.53. The summed E-state index contributed by atoms with van der Waals surface area (Å²) in [6.45, 7) is 15.4. The summed E-state index contributed by atoms with van der Waals surface area (Å²) in [5.74, 6) is 0.288. The molecule has 1 atom stereocenters. The molecule has 1 aromatic carbocycles. The molecule has 1 aromatic heterocycles. The number of aryl methyl sites for hydroxylation is 1. The molecule has 2 saturated heterocycles. The average molecular weight is 604 g/mol. The Hall–Kier alpha value is -2.78. The van der Waals surface area contributed by atoms with Gasteiger partial charge in [-0.25, -0.2) is 9.59 Å².